The molecule has 23 heavy (non-hydrogen) atoms. The van der Waals surface area contributed by atoms with Crippen LogP contribution in [0.4, 0.5) is 5.69 Å². The molecule has 7 nitrogen and oxygen atoms in total. The van der Waals surface area contributed by atoms with Crippen LogP contribution in [0.5, 0.6) is 0 Å². The minimum absolute atomic E-state index is 0.0849. The number of rotatable bonds is 4. The third-order valence-electron chi connectivity index (χ3n) is 4.04. The first-order chi connectivity index (χ1) is 11.1. The van der Waals surface area contributed by atoms with Crippen LogP contribution in [-0.4, -0.2) is 51.9 Å². The topological polar surface area (TPSA) is 82.2 Å². The predicted molar refractivity (Wildman–Crippen MR) is 87.1 cm³/mol. The van der Waals surface area contributed by atoms with Crippen LogP contribution in [0.25, 0.3) is 11.3 Å². The van der Waals surface area contributed by atoms with Crippen molar-refractivity contribution in [1.82, 2.24) is 19.9 Å². The number of aromatic nitrogens is 3. The Balaban J connectivity index is 1.81. The minimum atomic E-state index is -0.168. The van der Waals surface area contributed by atoms with Crippen LogP contribution in [0.1, 0.15) is 0 Å². The van der Waals surface area contributed by atoms with Crippen molar-refractivity contribution in [2.24, 2.45) is 0 Å². The lowest BCUT2D eigenvalue weighted by atomic mass is 10.1. The summed E-state index contributed by atoms with van der Waals surface area (Å²) in [6.07, 6.45) is 6.06. The van der Waals surface area contributed by atoms with E-state index in [1.807, 2.05) is 11.9 Å². The second-order valence-electron chi connectivity index (χ2n) is 5.41. The van der Waals surface area contributed by atoms with Crippen LogP contribution >= 0.6 is 0 Å². The van der Waals surface area contributed by atoms with Gasteiger partial charge >= 0.3 is 0 Å². The van der Waals surface area contributed by atoms with E-state index in [9.17, 15) is 9.59 Å². The number of anilines is 1. The molecule has 1 aliphatic rings. The van der Waals surface area contributed by atoms with Gasteiger partial charge in [0.05, 0.1) is 11.7 Å². The molecule has 3 heterocycles. The SMILES string of the molecule is C=CC(=O)N1CC(N(C)c2cc(-c3ccncn3)c[nH]c2=O)C1. The zero-order valence-corrected chi connectivity index (χ0v) is 12.8. The van der Waals surface area contributed by atoms with E-state index in [2.05, 4.69) is 21.5 Å². The highest BCUT2D eigenvalue weighted by molar-refractivity contribution is 5.87. The van der Waals surface area contributed by atoms with Crippen molar-refractivity contribution in [2.45, 2.75) is 6.04 Å². The molecule has 1 N–H and O–H groups in total. The third kappa shape index (κ3) is 2.85. The summed E-state index contributed by atoms with van der Waals surface area (Å²) in [4.78, 5) is 38.1. The van der Waals surface area contributed by atoms with Gasteiger partial charge in [0.1, 0.15) is 12.0 Å². The Kier molecular flexibility index (Phi) is 3.92. The molecule has 2 aromatic heterocycles. The first-order valence-electron chi connectivity index (χ1n) is 7.23. The second-order valence-corrected chi connectivity index (χ2v) is 5.41. The number of likely N-dealkylation sites (tertiary alicyclic amines) is 1. The van der Waals surface area contributed by atoms with Gasteiger partial charge in [-0.3, -0.25) is 9.59 Å². The number of amides is 1. The van der Waals surface area contributed by atoms with Crippen molar-refractivity contribution in [3.05, 3.63) is 53.9 Å². The number of nitrogens with zero attached hydrogens (tertiary/aromatic N) is 4. The standard InChI is InChI=1S/C16H17N5O2/c1-3-15(22)21-8-12(9-21)20(2)14-6-11(7-18-16(14)23)13-4-5-17-10-19-13/h3-7,10,12H,1,8-9H2,2H3,(H,18,23). The average molecular weight is 311 g/mol. The summed E-state index contributed by atoms with van der Waals surface area (Å²) >= 11 is 0. The van der Waals surface area contributed by atoms with Crippen molar-refractivity contribution in [2.75, 3.05) is 25.0 Å². The van der Waals surface area contributed by atoms with Crippen LogP contribution in [0.15, 0.2) is 48.3 Å². The monoisotopic (exact) mass is 311 g/mol. The van der Waals surface area contributed by atoms with Gasteiger partial charge in [-0.2, -0.15) is 0 Å². The summed E-state index contributed by atoms with van der Waals surface area (Å²) in [6, 6.07) is 3.70. The van der Waals surface area contributed by atoms with E-state index in [-0.39, 0.29) is 17.5 Å². The number of aromatic amines is 1. The van der Waals surface area contributed by atoms with E-state index in [0.717, 1.165) is 11.3 Å². The lowest BCUT2D eigenvalue weighted by Crippen LogP contribution is -2.60. The lowest BCUT2D eigenvalue weighted by Gasteiger charge is -2.44. The summed E-state index contributed by atoms with van der Waals surface area (Å²) in [5.41, 5.74) is 1.94. The molecule has 118 valence electrons. The maximum atomic E-state index is 12.1. The van der Waals surface area contributed by atoms with Gasteiger partial charge in [0.2, 0.25) is 5.91 Å². The molecule has 1 aliphatic heterocycles. The van der Waals surface area contributed by atoms with Crippen molar-refractivity contribution in [3.8, 4) is 11.3 Å². The van der Waals surface area contributed by atoms with Gasteiger partial charge in [0.25, 0.3) is 5.56 Å². The fraction of sp³-hybridized carbons (Fsp3) is 0.250. The molecule has 0 saturated carbocycles. The largest absolute Gasteiger partial charge is 0.364 e. The maximum absolute atomic E-state index is 12.1. The van der Waals surface area contributed by atoms with Crippen molar-refractivity contribution < 1.29 is 4.79 Å². The normalized spacial score (nSPS) is 14.2. The predicted octanol–water partition coefficient (Wildman–Crippen LogP) is 0.665. The molecule has 1 amide bonds. The first-order valence-corrected chi connectivity index (χ1v) is 7.23. The van der Waals surface area contributed by atoms with Gasteiger partial charge in [0, 0.05) is 38.1 Å². The van der Waals surface area contributed by atoms with Gasteiger partial charge in [0.15, 0.2) is 0 Å². The first kappa shape index (κ1) is 15.0. The number of pyridine rings is 1. The molecule has 0 aliphatic carbocycles. The summed E-state index contributed by atoms with van der Waals surface area (Å²) in [5.74, 6) is -0.0849. The molecular weight excluding hydrogens is 294 g/mol. The third-order valence-corrected chi connectivity index (χ3v) is 4.04. The maximum Gasteiger partial charge on any atom is 0.271 e. The lowest BCUT2D eigenvalue weighted by molar-refractivity contribution is -0.130. The van der Waals surface area contributed by atoms with Crippen LogP contribution in [0.3, 0.4) is 0 Å². The fourth-order valence-corrected chi connectivity index (χ4v) is 2.55. The number of hydrogen-bond donors (Lipinski definition) is 1. The Bertz CT molecular complexity index is 781. The molecule has 1 fully saturated rings. The van der Waals surface area contributed by atoms with Crippen LogP contribution < -0.4 is 10.5 Å². The van der Waals surface area contributed by atoms with E-state index >= 15 is 0 Å². The molecule has 0 atom stereocenters. The molecular formula is C16H17N5O2. The van der Waals surface area contributed by atoms with E-state index in [4.69, 9.17) is 0 Å². The Labute approximate surface area is 133 Å². The summed E-state index contributed by atoms with van der Waals surface area (Å²) in [5, 5.41) is 0. The summed E-state index contributed by atoms with van der Waals surface area (Å²) in [7, 11) is 1.86. The highest BCUT2D eigenvalue weighted by atomic mass is 16.2. The van der Waals surface area contributed by atoms with E-state index in [0.29, 0.717) is 18.8 Å². The molecule has 7 heteroatoms. The van der Waals surface area contributed by atoms with Crippen LogP contribution in [-0.2, 0) is 4.79 Å². The number of hydrogen-bond acceptors (Lipinski definition) is 5. The smallest absolute Gasteiger partial charge is 0.271 e. The van der Waals surface area contributed by atoms with E-state index in [1.165, 1.54) is 12.4 Å². The van der Waals surface area contributed by atoms with Gasteiger partial charge in [-0.05, 0) is 18.2 Å². The van der Waals surface area contributed by atoms with Gasteiger partial charge in [-0.15, -0.1) is 0 Å². The Hall–Kier alpha value is -2.96. The van der Waals surface area contributed by atoms with Crippen molar-refractivity contribution in [3.63, 3.8) is 0 Å². The number of nitrogens with one attached hydrogen (secondary N) is 1. The Morgan fingerprint density at radius 2 is 2.30 bits per heavy atom. The van der Waals surface area contributed by atoms with E-state index < -0.39 is 0 Å². The molecule has 0 unspecified atom stereocenters. The molecule has 3 rings (SSSR count). The Morgan fingerprint density at radius 3 is 2.96 bits per heavy atom. The van der Waals surface area contributed by atoms with Crippen LogP contribution in [0.2, 0.25) is 0 Å². The molecule has 0 radical (unpaired) electrons. The number of carbonyl (C=O) groups is 1. The number of H-pyrrole nitrogens is 1. The second kappa shape index (κ2) is 6.04. The van der Waals surface area contributed by atoms with Crippen molar-refractivity contribution in [1.29, 1.82) is 0 Å². The fourth-order valence-electron chi connectivity index (χ4n) is 2.55. The molecule has 0 aromatic carbocycles. The minimum Gasteiger partial charge on any atom is -0.364 e. The Morgan fingerprint density at radius 1 is 1.52 bits per heavy atom. The van der Waals surface area contributed by atoms with E-state index in [1.54, 1.807) is 29.4 Å². The molecule has 2 aromatic rings. The summed E-state index contributed by atoms with van der Waals surface area (Å²) < 4.78 is 0. The van der Waals surface area contributed by atoms with Crippen molar-refractivity contribution >= 4 is 11.6 Å². The molecule has 0 spiro atoms. The number of carbonyl (C=O) groups excluding carboxylic acids is 1. The molecule has 0 bridgehead atoms. The summed E-state index contributed by atoms with van der Waals surface area (Å²) in [6.45, 7) is 4.64. The van der Waals surface area contributed by atoms with Crippen LogP contribution in [0, 0.1) is 0 Å². The van der Waals surface area contributed by atoms with Gasteiger partial charge in [-0.25, -0.2) is 9.97 Å². The average Bonchev–Trinajstić information content (AvgIpc) is 2.54. The number of likely N-dealkylation sites (N-methyl/N-ethyl adjacent to an activating group) is 1. The quantitative estimate of drug-likeness (QED) is 0.839. The van der Waals surface area contributed by atoms with Gasteiger partial charge < -0.3 is 14.8 Å². The highest BCUT2D eigenvalue weighted by Crippen LogP contribution is 2.22. The highest BCUT2D eigenvalue weighted by Gasteiger charge is 2.33. The van der Waals surface area contributed by atoms with Gasteiger partial charge in [-0.1, -0.05) is 6.58 Å². The molecule has 1 saturated heterocycles. The zero-order valence-electron chi connectivity index (χ0n) is 12.8. The zero-order chi connectivity index (χ0) is 16.4.